The van der Waals surface area contributed by atoms with Crippen LogP contribution in [0.15, 0.2) is 48.8 Å². The summed E-state index contributed by atoms with van der Waals surface area (Å²) in [5, 5.41) is 1.15. The molecule has 4 nitrogen and oxygen atoms in total. The van der Waals surface area contributed by atoms with Crippen LogP contribution in [0.5, 0.6) is 5.75 Å². The Bertz CT molecular complexity index is 749. The van der Waals surface area contributed by atoms with Crippen molar-refractivity contribution in [2.45, 2.75) is 20.0 Å². The third-order valence-electron chi connectivity index (χ3n) is 3.52. The Balaban J connectivity index is 1.95. The van der Waals surface area contributed by atoms with Crippen LogP contribution in [0.2, 0.25) is 0 Å². The number of benzene rings is 1. The van der Waals surface area contributed by atoms with E-state index in [0.29, 0.717) is 13.2 Å². The third-order valence-corrected chi connectivity index (χ3v) is 3.52. The fourth-order valence-corrected chi connectivity index (χ4v) is 2.55. The van der Waals surface area contributed by atoms with Crippen molar-refractivity contribution < 1.29 is 4.74 Å². The van der Waals surface area contributed by atoms with E-state index in [1.54, 1.807) is 0 Å². The van der Waals surface area contributed by atoms with Crippen LogP contribution in [0.1, 0.15) is 18.2 Å². The Labute approximate surface area is 124 Å². The van der Waals surface area contributed by atoms with Crippen molar-refractivity contribution >= 4 is 10.9 Å². The van der Waals surface area contributed by atoms with Crippen molar-refractivity contribution in [1.82, 2.24) is 9.55 Å². The molecule has 0 saturated heterocycles. The highest BCUT2D eigenvalue weighted by atomic mass is 16.5. The second-order valence-electron chi connectivity index (χ2n) is 4.93. The van der Waals surface area contributed by atoms with E-state index < -0.39 is 0 Å². The topological polar surface area (TPSA) is 53.1 Å². The SMILES string of the molecule is CCOc1cccc2c1ccn2Cc1ccnc(CN)c1. The van der Waals surface area contributed by atoms with E-state index in [4.69, 9.17) is 10.5 Å². The molecule has 2 N–H and O–H groups in total. The summed E-state index contributed by atoms with van der Waals surface area (Å²) in [5.74, 6) is 0.936. The van der Waals surface area contributed by atoms with E-state index in [1.165, 1.54) is 11.1 Å². The van der Waals surface area contributed by atoms with Crippen LogP contribution < -0.4 is 10.5 Å². The van der Waals surface area contributed by atoms with Gasteiger partial charge in [0.1, 0.15) is 5.75 Å². The molecular formula is C17H19N3O. The third kappa shape index (κ3) is 2.76. The second kappa shape index (κ2) is 5.97. The van der Waals surface area contributed by atoms with Crippen LogP contribution >= 0.6 is 0 Å². The summed E-state index contributed by atoms with van der Waals surface area (Å²) in [7, 11) is 0. The number of nitrogens with two attached hydrogens (primary N) is 1. The molecule has 2 aromatic heterocycles. The maximum atomic E-state index is 5.68. The molecule has 0 spiro atoms. The van der Waals surface area contributed by atoms with Crippen LogP contribution in [0, 0.1) is 0 Å². The number of fused-ring (bicyclic) bond motifs is 1. The molecule has 2 heterocycles. The van der Waals surface area contributed by atoms with E-state index >= 15 is 0 Å². The molecule has 0 aliphatic heterocycles. The van der Waals surface area contributed by atoms with Crippen molar-refractivity contribution in [3.8, 4) is 5.75 Å². The average molecular weight is 281 g/mol. The second-order valence-corrected chi connectivity index (χ2v) is 4.93. The maximum absolute atomic E-state index is 5.68. The van der Waals surface area contributed by atoms with Gasteiger partial charge in [-0.2, -0.15) is 0 Å². The van der Waals surface area contributed by atoms with Crippen molar-refractivity contribution in [2.24, 2.45) is 5.73 Å². The summed E-state index contributed by atoms with van der Waals surface area (Å²) in [5.41, 5.74) is 8.94. The maximum Gasteiger partial charge on any atom is 0.128 e. The lowest BCUT2D eigenvalue weighted by Crippen LogP contribution is -2.03. The lowest BCUT2D eigenvalue weighted by molar-refractivity contribution is 0.344. The van der Waals surface area contributed by atoms with Crippen molar-refractivity contribution in [2.75, 3.05) is 6.61 Å². The largest absolute Gasteiger partial charge is 0.493 e. The number of aromatic nitrogens is 2. The standard InChI is InChI=1S/C17H19N3O/c1-2-21-17-5-3-4-16-15(17)7-9-20(16)12-13-6-8-19-14(10-13)11-18/h3-10H,2,11-12,18H2,1H3. The first-order chi connectivity index (χ1) is 10.3. The predicted octanol–water partition coefficient (Wildman–Crippen LogP) is 2.94. The van der Waals surface area contributed by atoms with Gasteiger partial charge >= 0.3 is 0 Å². The monoisotopic (exact) mass is 281 g/mol. The summed E-state index contributed by atoms with van der Waals surface area (Å²) in [6.45, 7) is 3.94. The molecule has 0 aliphatic carbocycles. The van der Waals surface area contributed by atoms with Crippen molar-refractivity contribution in [3.05, 3.63) is 60.0 Å². The molecule has 0 bridgehead atoms. The molecular weight excluding hydrogens is 262 g/mol. The first-order valence-corrected chi connectivity index (χ1v) is 7.16. The van der Waals surface area contributed by atoms with E-state index in [0.717, 1.165) is 23.4 Å². The number of hydrogen-bond donors (Lipinski definition) is 1. The van der Waals surface area contributed by atoms with Gasteiger partial charge < -0.3 is 15.0 Å². The summed E-state index contributed by atoms with van der Waals surface area (Å²) >= 11 is 0. The summed E-state index contributed by atoms with van der Waals surface area (Å²) in [6, 6.07) is 12.3. The fourth-order valence-electron chi connectivity index (χ4n) is 2.55. The highest BCUT2D eigenvalue weighted by molar-refractivity contribution is 5.86. The van der Waals surface area contributed by atoms with Gasteiger partial charge in [0, 0.05) is 30.9 Å². The van der Waals surface area contributed by atoms with Crippen LogP contribution in [0.25, 0.3) is 10.9 Å². The molecule has 0 aliphatic rings. The number of pyridine rings is 1. The normalized spacial score (nSPS) is 11.0. The highest BCUT2D eigenvalue weighted by Crippen LogP contribution is 2.27. The molecule has 21 heavy (non-hydrogen) atoms. The molecule has 3 aromatic rings. The van der Waals surface area contributed by atoms with Gasteiger partial charge in [-0.25, -0.2) is 0 Å². The summed E-state index contributed by atoms with van der Waals surface area (Å²) in [6.07, 6.45) is 3.91. The van der Waals surface area contributed by atoms with Crippen molar-refractivity contribution in [1.29, 1.82) is 0 Å². The Morgan fingerprint density at radius 1 is 1.24 bits per heavy atom. The molecule has 0 amide bonds. The van der Waals surface area contributed by atoms with E-state index in [-0.39, 0.29) is 0 Å². The molecule has 0 fully saturated rings. The van der Waals surface area contributed by atoms with Gasteiger partial charge in [0.15, 0.2) is 0 Å². The summed E-state index contributed by atoms with van der Waals surface area (Å²) < 4.78 is 7.90. The molecule has 0 saturated carbocycles. The van der Waals surface area contributed by atoms with Crippen LogP contribution in [0.3, 0.4) is 0 Å². The minimum Gasteiger partial charge on any atom is -0.493 e. The number of rotatable bonds is 5. The minimum atomic E-state index is 0.467. The first-order valence-electron chi connectivity index (χ1n) is 7.16. The lowest BCUT2D eigenvalue weighted by atomic mass is 10.2. The number of ether oxygens (including phenoxy) is 1. The van der Waals surface area contributed by atoms with Crippen molar-refractivity contribution in [3.63, 3.8) is 0 Å². The Hall–Kier alpha value is -2.33. The molecule has 3 rings (SSSR count). The molecule has 0 radical (unpaired) electrons. The van der Waals surface area contributed by atoms with Crippen LogP contribution in [-0.2, 0) is 13.1 Å². The van der Waals surface area contributed by atoms with Gasteiger partial charge in [0.2, 0.25) is 0 Å². The van der Waals surface area contributed by atoms with Gasteiger partial charge in [-0.3, -0.25) is 4.98 Å². The number of hydrogen-bond acceptors (Lipinski definition) is 3. The predicted molar refractivity (Wildman–Crippen MR) is 84.3 cm³/mol. The first kappa shape index (κ1) is 13.6. The van der Waals surface area contributed by atoms with Gasteiger partial charge in [0.05, 0.1) is 17.8 Å². The minimum absolute atomic E-state index is 0.467. The zero-order valence-corrected chi connectivity index (χ0v) is 12.1. The Morgan fingerprint density at radius 3 is 2.95 bits per heavy atom. The fraction of sp³-hybridized carbons (Fsp3) is 0.235. The van der Waals surface area contributed by atoms with E-state index in [2.05, 4.69) is 33.9 Å². The summed E-state index contributed by atoms with van der Waals surface area (Å²) in [4.78, 5) is 4.23. The smallest absolute Gasteiger partial charge is 0.128 e. The van der Waals surface area contributed by atoms with Gasteiger partial charge in [-0.15, -0.1) is 0 Å². The van der Waals surface area contributed by atoms with E-state index in [1.807, 2.05) is 31.3 Å². The Kier molecular flexibility index (Phi) is 3.88. The molecule has 1 aromatic carbocycles. The van der Waals surface area contributed by atoms with Gasteiger partial charge in [-0.05, 0) is 42.8 Å². The zero-order valence-electron chi connectivity index (χ0n) is 12.1. The molecule has 0 unspecified atom stereocenters. The molecule has 0 atom stereocenters. The van der Waals surface area contributed by atoms with Crippen LogP contribution in [0.4, 0.5) is 0 Å². The Morgan fingerprint density at radius 2 is 2.14 bits per heavy atom. The molecule has 4 heteroatoms. The quantitative estimate of drug-likeness (QED) is 0.782. The van der Waals surface area contributed by atoms with Gasteiger partial charge in [-0.1, -0.05) is 6.07 Å². The number of nitrogens with zero attached hydrogens (tertiary/aromatic N) is 2. The van der Waals surface area contributed by atoms with Gasteiger partial charge in [0.25, 0.3) is 0 Å². The van der Waals surface area contributed by atoms with Crippen LogP contribution in [-0.4, -0.2) is 16.2 Å². The average Bonchev–Trinajstić information content (AvgIpc) is 2.92. The zero-order chi connectivity index (χ0) is 14.7. The highest BCUT2D eigenvalue weighted by Gasteiger charge is 2.07. The van der Waals surface area contributed by atoms with E-state index in [9.17, 15) is 0 Å². The lowest BCUT2D eigenvalue weighted by Gasteiger charge is -2.08. The molecule has 108 valence electrons.